The molecule has 1 N–H and O–H groups in total. The van der Waals surface area contributed by atoms with E-state index in [1.165, 1.54) is 0 Å². The molecule has 0 spiro atoms. The predicted octanol–water partition coefficient (Wildman–Crippen LogP) is 3.90. The van der Waals surface area contributed by atoms with E-state index in [2.05, 4.69) is 15.5 Å². The molecule has 1 aliphatic carbocycles. The van der Waals surface area contributed by atoms with Gasteiger partial charge in [-0.2, -0.15) is 10.2 Å². The normalized spacial score (nSPS) is 13.8. The van der Waals surface area contributed by atoms with Gasteiger partial charge in [0.2, 0.25) is 0 Å². The van der Waals surface area contributed by atoms with E-state index in [9.17, 15) is 4.79 Å². The second kappa shape index (κ2) is 6.55. The van der Waals surface area contributed by atoms with Gasteiger partial charge in [-0.05, 0) is 51.0 Å². The number of hydrogen-bond donors (Lipinski definition) is 1. The molecule has 146 valence electrons. The van der Waals surface area contributed by atoms with Crippen molar-refractivity contribution in [3.05, 3.63) is 65.2 Å². The van der Waals surface area contributed by atoms with Crippen LogP contribution < -0.4 is 5.32 Å². The van der Waals surface area contributed by atoms with Gasteiger partial charge in [-0.25, -0.2) is 9.67 Å². The highest BCUT2D eigenvalue weighted by molar-refractivity contribution is 6.12. The van der Waals surface area contributed by atoms with E-state index in [-0.39, 0.29) is 5.91 Å². The van der Waals surface area contributed by atoms with Gasteiger partial charge in [0.25, 0.3) is 5.91 Å². The molecule has 0 atom stereocenters. The van der Waals surface area contributed by atoms with Crippen molar-refractivity contribution < 1.29 is 4.79 Å². The van der Waals surface area contributed by atoms with Crippen LogP contribution in [0.2, 0.25) is 0 Å². The Kier molecular flexibility index (Phi) is 3.97. The molecule has 7 heteroatoms. The fraction of sp³-hybridized carbons (Fsp3) is 0.273. The second-order valence-electron chi connectivity index (χ2n) is 7.68. The van der Waals surface area contributed by atoms with E-state index in [1.54, 1.807) is 10.9 Å². The number of rotatable bonds is 4. The summed E-state index contributed by atoms with van der Waals surface area (Å²) in [6.07, 6.45) is 3.96. The minimum atomic E-state index is -0.165. The van der Waals surface area contributed by atoms with Crippen LogP contribution in [0.4, 0.5) is 5.69 Å². The number of carbonyl (C=O) groups excluding carboxylic acids is 1. The zero-order valence-electron chi connectivity index (χ0n) is 16.7. The minimum Gasteiger partial charge on any atom is -0.320 e. The lowest BCUT2D eigenvalue weighted by atomic mass is 10.1. The molecule has 1 saturated carbocycles. The van der Waals surface area contributed by atoms with Gasteiger partial charge >= 0.3 is 0 Å². The lowest BCUT2D eigenvalue weighted by Gasteiger charge is -2.13. The van der Waals surface area contributed by atoms with Gasteiger partial charge in [0.1, 0.15) is 0 Å². The molecule has 1 fully saturated rings. The van der Waals surface area contributed by atoms with E-state index < -0.39 is 0 Å². The van der Waals surface area contributed by atoms with E-state index in [0.29, 0.717) is 17.2 Å². The fourth-order valence-corrected chi connectivity index (χ4v) is 3.74. The van der Waals surface area contributed by atoms with Crippen molar-refractivity contribution in [2.45, 2.75) is 32.6 Å². The molecular formula is C22H22N6O. The molecule has 1 amide bonds. The molecule has 0 saturated heterocycles. The molecular weight excluding hydrogens is 364 g/mol. The molecule has 4 aromatic rings. The molecule has 1 aliphatic rings. The summed E-state index contributed by atoms with van der Waals surface area (Å²) < 4.78 is 3.58. The van der Waals surface area contributed by atoms with Crippen LogP contribution in [0.25, 0.3) is 16.7 Å². The van der Waals surface area contributed by atoms with Crippen molar-refractivity contribution in [3.8, 4) is 5.69 Å². The third-order valence-corrected chi connectivity index (χ3v) is 5.36. The van der Waals surface area contributed by atoms with Gasteiger partial charge in [0.05, 0.1) is 34.2 Å². The van der Waals surface area contributed by atoms with E-state index in [4.69, 9.17) is 4.98 Å². The van der Waals surface area contributed by atoms with Crippen LogP contribution in [0.15, 0.2) is 42.6 Å². The second-order valence-corrected chi connectivity index (χ2v) is 7.68. The summed E-state index contributed by atoms with van der Waals surface area (Å²) in [5.41, 5.74) is 5.82. The molecule has 1 aromatic carbocycles. The van der Waals surface area contributed by atoms with Gasteiger partial charge in [-0.15, -0.1) is 0 Å². The van der Waals surface area contributed by atoms with Crippen molar-refractivity contribution in [1.82, 2.24) is 24.5 Å². The number of pyridine rings is 1. The van der Waals surface area contributed by atoms with Crippen LogP contribution in [0.5, 0.6) is 0 Å². The van der Waals surface area contributed by atoms with Gasteiger partial charge < -0.3 is 5.32 Å². The van der Waals surface area contributed by atoms with Gasteiger partial charge in [-0.3, -0.25) is 9.48 Å². The Balaban J connectivity index is 1.56. The zero-order chi connectivity index (χ0) is 20.1. The summed E-state index contributed by atoms with van der Waals surface area (Å²) in [5, 5.41) is 12.7. The number of anilines is 1. The number of amides is 1. The summed E-state index contributed by atoms with van der Waals surface area (Å²) in [6, 6.07) is 11.6. The van der Waals surface area contributed by atoms with Crippen LogP contribution in [0, 0.1) is 13.8 Å². The smallest absolute Gasteiger partial charge is 0.256 e. The molecule has 0 radical (unpaired) electrons. The standard InChI is InChI=1S/C22H22N6O/c1-13-10-14(2)28(26-13)20-7-5-4-6-18(20)25-22(29)16-11-19(15-8-9-15)24-21-17(16)12-23-27(21)3/h4-7,10-12,15H,8-9H2,1-3H3,(H,25,29). The van der Waals surface area contributed by atoms with E-state index in [1.807, 2.05) is 62.0 Å². The molecule has 7 nitrogen and oxygen atoms in total. The Morgan fingerprint density at radius 1 is 1.17 bits per heavy atom. The number of nitrogens with zero attached hydrogens (tertiary/aromatic N) is 5. The van der Waals surface area contributed by atoms with Crippen LogP contribution in [-0.4, -0.2) is 30.5 Å². The first-order valence-electron chi connectivity index (χ1n) is 9.78. The maximum atomic E-state index is 13.3. The van der Waals surface area contributed by atoms with Crippen molar-refractivity contribution in [2.24, 2.45) is 7.05 Å². The first-order chi connectivity index (χ1) is 14.0. The Labute approximate surface area is 168 Å². The molecule has 0 unspecified atom stereocenters. The zero-order valence-corrected chi connectivity index (χ0v) is 16.7. The lowest BCUT2D eigenvalue weighted by molar-refractivity contribution is 0.102. The summed E-state index contributed by atoms with van der Waals surface area (Å²) in [4.78, 5) is 18.0. The fourth-order valence-electron chi connectivity index (χ4n) is 3.74. The van der Waals surface area contributed by atoms with E-state index >= 15 is 0 Å². The highest BCUT2D eigenvalue weighted by Gasteiger charge is 2.28. The van der Waals surface area contributed by atoms with Crippen LogP contribution >= 0.6 is 0 Å². The van der Waals surface area contributed by atoms with Gasteiger partial charge in [0, 0.05) is 24.4 Å². The molecule has 0 aliphatic heterocycles. The Hall–Kier alpha value is -3.48. The maximum Gasteiger partial charge on any atom is 0.256 e. The van der Waals surface area contributed by atoms with Gasteiger partial charge in [-0.1, -0.05) is 12.1 Å². The maximum absolute atomic E-state index is 13.3. The van der Waals surface area contributed by atoms with E-state index in [0.717, 1.165) is 46.6 Å². The number of hydrogen-bond acceptors (Lipinski definition) is 4. The largest absolute Gasteiger partial charge is 0.320 e. The Morgan fingerprint density at radius 2 is 1.97 bits per heavy atom. The summed E-state index contributed by atoms with van der Waals surface area (Å²) in [5.74, 6) is 0.282. The summed E-state index contributed by atoms with van der Waals surface area (Å²) in [6.45, 7) is 3.96. The number of para-hydroxylation sites is 2. The highest BCUT2D eigenvalue weighted by Crippen LogP contribution is 2.40. The van der Waals surface area contributed by atoms with Crippen molar-refractivity contribution in [3.63, 3.8) is 0 Å². The summed E-state index contributed by atoms with van der Waals surface area (Å²) in [7, 11) is 1.85. The molecule has 0 bridgehead atoms. The SMILES string of the molecule is Cc1cc(C)n(-c2ccccc2NC(=O)c2cc(C3CC3)nc3c2cnn3C)n1. The minimum absolute atomic E-state index is 0.165. The van der Waals surface area contributed by atoms with Gasteiger partial charge in [0.15, 0.2) is 5.65 Å². The number of carbonyl (C=O) groups is 1. The quantitative estimate of drug-likeness (QED) is 0.577. The number of benzene rings is 1. The third kappa shape index (κ3) is 3.08. The Morgan fingerprint density at radius 3 is 2.69 bits per heavy atom. The van der Waals surface area contributed by atoms with Crippen molar-refractivity contribution in [1.29, 1.82) is 0 Å². The average Bonchev–Trinajstić information content (AvgIpc) is 3.42. The van der Waals surface area contributed by atoms with Crippen LogP contribution in [-0.2, 0) is 7.05 Å². The third-order valence-electron chi connectivity index (χ3n) is 5.36. The number of fused-ring (bicyclic) bond motifs is 1. The van der Waals surface area contributed by atoms with Crippen LogP contribution in [0.1, 0.15) is 46.2 Å². The molecule has 5 rings (SSSR count). The highest BCUT2D eigenvalue weighted by atomic mass is 16.1. The topological polar surface area (TPSA) is 77.6 Å². The molecule has 29 heavy (non-hydrogen) atoms. The average molecular weight is 386 g/mol. The molecule has 3 heterocycles. The molecule has 3 aromatic heterocycles. The first kappa shape index (κ1) is 17.6. The number of aryl methyl sites for hydroxylation is 3. The number of nitrogens with one attached hydrogen (secondary N) is 1. The van der Waals surface area contributed by atoms with Crippen LogP contribution in [0.3, 0.4) is 0 Å². The van der Waals surface area contributed by atoms with Crippen molar-refractivity contribution >= 4 is 22.6 Å². The monoisotopic (exact) mass is 386 g/mol. The summed E-state index contributed by atoms with van der Waals surface area (Å²) >= 11 is 0. The number of aromatic nitrogens is 5. The predicted molar refractivity (Wildman–Crippen MR) is 111 cm³/mol. The Bertz CT molecular complexity index is 1250. The van der Waals surface area contributed by atoms with Crippen molar-refractivity contribution in [2.75, 3.05) is 5.32 Å². The lowest BCUT2D eigenvalue weighted by Crippen LogP contribution is -2.15. The first-order valence-corrected chi connectivity index (χ1v) is 9.78.